The predicted molar refractivity (Wildman–Crippen MR) is 79.6 cm³/mol. The summed E-state index contributed by atoms with van der Waals surface area (Å²) in [5, 5.41) is 3.65. The third-order valence-electron chi connectivity index (χ3n) is 3.72. The maximum Gasteiger partial charge on any atom is 0.156 e. The smallest absolute Gasteiger partial charge is 0.156 e. The van der Waals surface area contributed by atoms with Gasteiger partial charge in [-0.05, 0) is 32.7 Å². The van der Waals surface area contributed by atoms with Crippen LogP contribution in [0.25, 0.3) is 0 Å². The second-order valence-corrected chi connectivity index (χ2v) is 8.71. The number of likely N-dealkylation sites (N-methyl/N-ethyl adjacent to an activating group) is 1. The Morgan fingerprint density at radius 3 is 2.89 bits per heavy atom. The van der Waals surface area contributed by atoms with Crippen LogP contribution in [0.1, 0.15) is 53.4 Å². The van der Waals surface area contributed by atoms with Crippen molar-refractivity contribution in [3.8, 4) is 0 Å². The van der Waals surface area contributed by atoms with Gasteiger partial charge < -0.3 is 5.32 Å². The molecule has 4 nitrogen and oxygen atoms in total. The normalized spacial score (nSPS) is 21.1. The first kappa shape index (κ1) is 14.9. The summed E-state index contributed by atoms with van der Waals surface area (Å²) in [6.07, 6.45) is 4.66. The summed E-state index contributed by atoms with van der Waals surface area (Å²) in [6, 6.07) is 0. The lowest BCUT2D eigenvalue weighted by Crippen LogP contribution is -2.24. The molecule has 2 rings (SSSR count). The summed E-state index contributed by atoms with van der Waals surface area (Å²) in [5.74, 6) is 0.445. The summed E-state index contributed by atoms with van der Waals surface area (Å²) in [7, 11) is -3.06. The van der Waals surface area contributed by atoms with E-state index in [0.29, 0.717) is 5.92 Å². The van der Waals surface area contributed by atoms with E-state index in [0.717, 1.165) is 36.6 Å². The van der Waals surface area contributed by atoms with Gasteiger partial charge in [0.05, 0.1) is 5.69 Å². The van der Waals surface area contributed by atoms with Crippen molar-refractivity contribution in [2.75, 3.05) is 19.3 Å². The molecule has 1 aromatic heterocycles. The Hall–Kier alpha value is -0.460. The third kappa shape index (κ3) is 3.35. The lowest BCUT2D eigenvalue weighted by molar-refractivity contribution is 0.508. The molecule has 0 radical (unpaired) electrons. The van der Waals surface area contributed by atoms with Crippen LogP contribution >= 0.6 is 11.3 Å². The molecule has 0 bridgehead atoms. The molecule has 2 atom stereocenters. The minimum atomic E-state index is -3.06. The highest BCUT2D eigenvalue weighted by Crippen LogP contribution is 2.37. The summed E-state index contributed by atoms with van der Waals surface area (Å²) in [4.78, 5) is 5.94. The van der Waals surface area contributed by atoms with Crippen LogP contribution in [-0.2, 0) is 16.3 Å². The van der Waals surface area contributed by atoms with Crippen molar-refractivity contribution in [1.82, 2.24) is 10.3 Å². The first-order valence-corrected chi connectivity index (χ1v) is 9.59. The van der Waals surface area contributed by atoms with Crippen molar-refractivity contribution in [3.05, 3.63) is 15.6 Å². The molecule has 6 heteroatoms. The van der Waals surface area contributed by atoms with E-state index in [4.69, 9.17) is 0 Å². The highest BCUT2D eigenvalue weighted by molar-refractivity contribution is 7.91. The molecule has 0 spiro atoms. The standard InChI is InChI=1S/C13H22N2O2S2/c1-4-14-8-10-6-5-7-11-12(10)15-13(18-11)9(2)19(3,16)17/h9-10,14H,4-8H2,1-3H3. The van der Waals surface area contributed by atoms with Crippen molar-refractivity contribution in [3.63, 3.8) is 0 Å². The number of hydrogen-bond donors (Lipinski definition) is 1. The number of aryl methyl sites for hydroxylation is 1. The van der Waals surface area contributed by atoms with Gasteiger partial charge in [-0.2, -0.15) is 0 Å². The third-order valence-corrected chi connectivity index (χ3v) is 6.69. The second kappa shape index (κ2) is 5.89. The number of rotatable bonds is 5. The van der Waals surface area contributed by atoms with Gasteiger partial charge in [0, 0.05) is 23.6 Å². The fourth-order valence-corrected chi connectivity index (χ4v) is 4.61. The lowest BCUT2D eigenvalue weighted by atomic mass is 9.91. The fourth-order valence-electron chi connectivity index (χ4n) is 2.40. The molecular formula is C13H22N2O2S2. The maximum atomic E-state index is 11.7. The number of sulfone groups is 1. The Labute approximate surface area is 119 Å². The Morgan fingerprint density at radius 1 is 1.53 bits per heavy atom. The SMILES string of the molecule is CCNCC1CCCc2sc(C(C)S(C)(=O)=O)nc21. The highest BCUT2D eigenvalue weighted by Gasteiger charge is 2.28. The van der Waals surface area contributed by atoms with E-state index in [9.17, 15) is 8.42 Å². The second-order valence-electron chi connectivity index (χ2n) is 5.23. The zero-order valence-corrected chi connectivity index (χ0v) is 13.4. The summed E-state index contributed by atoms with van der Waals surface area (Å²) >= 11 is 1.59. The number of thiazole rings is 1. The van der Waals surface area contributed by atoms with Gasteiger partial charge in [-0.25, -0.2) is 13.4 Å². The van der Waals surface area contributed by atoms with Gasteiger partial charge in [0.25, 0.3) is 0 Å². The largest absolute Gasteiger partial charge is 0.316 e. The Balaban J connectivity index is 2.26. The van der Waals surface area contributed by atoms with E-state index in [-0.39, 0.29) is 0 Å². The minimum Gasteiger partial charge on any atom is -0.316 e. The van der Waals surface area contributed by atoms with Gasteiger partial charge >= 0.3 is 0 Å². The van der Waals surface area contributed by atoms with Crippen LogP contribution in [0.2, 0.25) is 0 Å². The number of aromatic nitrogens is 1. The quantitative estimate of drug-likeness (QED) is 0.906. The Morgan fingerprint density at radius 2 is 2.26 bits per heavy atom. The molecule has 0 aliphatic heterocycles. The molecule has 0 saturated carbocycles. The van der Waals surface area contributed by atoms with Crippen LogP contribution < -0.4 is 5.32 Å². The van der Waals surface area contributed by atoms with Crippen LogP contribution in [0, 0.1) is 0 Å². The van der Waals surface area contributed by atoms with Crippen LogP contribution in [-0.4, -0.2) is 32.7 Å². The summed E-state index contributed by atoms with van der Waals surface area (Å²) in [6.45, 7) is 5.74. The van der Waals surface area contributed by atoms with E-state index < -0.39 is 15.1 Å². The van der Waals surface area contributed by atoms with E-state index in [1.807, 2.05) is 0 Å². The van der Waals surface area contributed by atoms with Crippen LogP contribution in [0.3, 0.4) is 0 Å². The van der Waals surface area contributed by atoms with Crippen LogP contribution in [0.15, 0.2) is 0 Å². The highest BCUT2D eigenvalue weighted by atomic mass is 32.2. The molecule has 1 N–H and O–H groups in total. The number of nitrogens with zero attached hydrogens (tertiary/aromatic N) is 1. The fraction of sp³-hybridized carbons (Fsp3) is 0.769. The minimum absolute atomic E-state index is 0.445. The predicted octanol–water partition coefficient (Wildman–Crippen LogP) is 2.28. The molecule has 1 aromatic rings. The summed E-state index contributed by atoms with van der Waals surface area (Å²) < 4.78 is 23.3. The maximum absolute atomic E-state index is 11.7. The van der Waals surface area contributed by atoms with E-state index in [1.54, 1.807) is 18.3 Å². The first-order chi connectivity index (χ1) is 8.93. The number of hydrogen-bond acceptors (Lipinski definition) is 5. The molecule has 0 aromatic carbocycles. The zero-order chi connectivity index (χ0) is 14.0. The average Bonchev–Trinajstić information content (AvgIpc) is 2.78. The van der Waals surface area contributed by atoms with Gasteiger partial charge in [0.1, 0.15) is 10.3 Å². The molecule has 2 unspecified atom stereocenters. The van der Waals surface area contributed by atoms with Gasteiger partial charge in [-0.1, -0.05) is 6.92 Å². The van der Waals surface area contributed by atoms with Crippen molar-refractivity contribution in [1.29, 1.82) is 0 Å². The average molecular weight is 302 g/mol. The molecule has 1 heterocycles. The van der Waals surface area contributed by atoms with Gasteiger partial charge in [-0.3, -0.25) is 0 Å². The molecule has 0 saturated heterocycles. The van der Waals surface area contributed by atoms with E-state index in [2.05, 4.69) is 17.2 Å². The molecule has 1 aliphatic carbocycles. The van der Waals surface area contributed by atoms with E-state index >= 15 is 0 Å². The van der Waals surface area contributed by atoms with Crippen LogP contribution in [0.5, 0.6) is 0 Å². The van der Waals surface area contributed by atoms with Crippen LogP contribution in [0.4, 0.5) is 0 Å². The molecular weight excluding hydrogens is 280 g/mol. The monoisotopic (exact) mass is 302 g/mol. The Bertz CT molecular complexity index is 537. The molecule has 0 amide bonds. The van der Waals surface area contributed by atoms with Crippen molar-refractivity contribution in [2.45, 2.75) is 44.3 Å². The van der Waals surface area contributed by atoms with Gasteiger partial charge in [-0.15, -0.1) is 11.3 Å². The zero-order valence-electron chi connectivity index (χ0n) is 11.8. The van der Waals surface area contributed by atoms with Crippen molar-refractivity contribution in [2.24, 2.45) is 0 Å². The topological polar surface area (TPSA) is 59.1 Å². The summed E-state index contributed by atoms with van der Waals surface area (Å²) in [5.41, 5.74) is 1.14. The number of fused-ring (bicyclic) bond motifs is 1. The van der Waals surface area contributed by atoms with Crippen molar-refractivity contribution >= 4 is 21.2 Å². The molecule has 1 aliphatic rings. The van der Waals surface area contributed by atoms with E-state index in [1.165, 1.54) is 17.6 Å². The first-order valence-electron chi connectivity index (χ1n) is 6.82. The Kier molecular flexibility index (Phi) is 4.63. The van der Waals surface area contributed by atoms with Gasteiger partial charge in [0.2, 0.25) is 0 Å². The van der Waals surface area contributed by atoms with Gasteiger partial charge in [0.15, 0.2) is 9.84 Å². The molecule has 108 valence electrons. The molecule has 19 heavy (non-hydrogen) atoms. The molecule has 0 fully saturated rings. The number of nitrogens with one attached hydrogen (secondary N) is 1. The lowest BCUT2D eigenvalue weighted by Gasteiger charge is -2.21. The van der Waals surface area contributed by atoms with Crippen molar-refractivity contribution < 1.29 is 8.42 Å².